The SMILES string of the molecule is Cc1ccc(C(=O)N2CCC(c3ccc(C#N)cc3)CC2)cc1-c1nnc(N)[nH]1. The molecule has 0 aliphatic carbocycles. The molecule has 0 saturated carbocycles. The van der Waals surface area contributed by atoms with Gasteiger partial charge in [0.2, 0.25) is 5.95 Å². The van der Waals surface area contributed by atoms with Crippen LogP contribution in [0.15, 0.2) is 42.5 Å². The lowest BCUT2D eigenvalue weighted by molar-refractivity contribution is 0.0713. The second kappa shape index (κ2) is 7.76. The first kappa shape index (κ1) is 18.7. The van der Waals surface area contributed by atoms with Crippen LogP contribution in [0, 0.1) is 18.3 Å². The standard InChI is InChI=1S/C22H22N6O/c1-14-2-5-18(12-19(14)20-25-22(24)27-26-20)21(29)28-10-8-17(9-11-28)16-6-3-15(13-23)4-7-16/h2-7,12,17H,8-11H2,1H3,(H3,24,25,26,27). The number of H-pyrrole nitrogens is 1. The molecule has 0 atom stereocenters. The van der Waals surface area contributed by atoms with E-state index in [2.05, 4.69) is 21.3 Å². The summed E-state index contributed by atoms with van der Waals surface area (Å²) < 4.78 is 0. The van der Waals surface area contributed by atoms with Gasteiger partial charge in [0.15, 0.2) is 5.82 Å². The molecule has 3 N–H and O–H groups in total. The normalized spacial score (nSPS) is 14.6. The van der Waals surface area contributed by atoms with Crippen LogP contribution in [-0.2, 0) is 0 Å². The van der Waals surface area contributed by atoms with Crippen molar-refractivity contribution in [3.05, 3.63) is 64.7 Å². The van der Waals surface area contributed by atoms with Gasteiger partial charge in [-0.1, -0.05) is 18.2 Å². The van der Waals surface area contributed by atoms with Crippen LogP contribution in [0.5, 0.6) is 0 Å². The number of aryl methyl sites for hydroxylation is 1. The second-order valence-corrected chi connectivity index (χ2v) is 7.39. The summed E-state index contributed by atoms with van der Waals surface area (Å²) >= 11 is 0. The number of benzene rings is 2. The van der Waals surface area contributed by atoms with Crippen LogP contribution in [0.3, 0.4) is 0 Å². The van der Waals surface area contributed by atoms with Gasteiger partial charge < -0.3 is 15.6 Å². The molecule has 1 aliphatic rings. The summed E-state index contributed by atoms with van der Waals surface area (Å²) in [6.07, 6.45) is 1.82. The van der Waals surface area contributed by atoms with Gasteiger partial charge in [-0.05, 0) is 61.1 Å². The number of amides is 1. The van der Waals surface area contributed by atoms with Crippen LogP contribution in [0.1, 0.15) is 45.8 Å². The fraction of sp³-hybridized carbons (Fsp3) is 0.273. The van der Waals surface area contributed by atoms with Crippen molar-refractivity contribution in [3.63, 3.8) is 0 Å². The first-order chi connectivity index (χ1) is 14.0. The lowest BCUT2D eigenvalue weighted by Gasteiger charge is -2.32. The van der Waals surface area contributed by atoms with E-state index in [1.54, 1.807) is 0 Å². The van der Waals surface area contributed by atoms with Crippen LogP contribution in [-0.4, -0.2) is 39.1 Å². The average Bonchev–Trinajstić information content (AvgIpc) is 3.20. The van der Waals surface area contributed by atoms with Gasteiger partial charge in [0.25, 0.3) is 5.91 Å². The summed E-state index contributed by atoms with van der Waals surface area (Å²) in [5.74, 6) is 1.25. The molecule has 0 spiro atoms. The van der Waals surface area contributed by atoms with Gasteiger partial charge in [-0.25, -0.2) is 0 Å². The zero-order chi connectivity index (χ0) is 20.4. The van der Waals surface area contributed by atoms with Gasteiger partial charge in [-0.3, -0.25) is 4.79 Å². The lowest BCUT2D eigenvalue weighted by atomic mass is 9.89. The molecule has 1 aromatic heterocycles. The van der Waals surface area contributed by atoms with Crippen molar-refractivity contribution in [1.82, 2.24) is 20.1 Å². The van der Waals surface area contributed by atoms with Crippen molar-refractivity contribution in [3.8, 4) is 17.5 Å². The third kappa shape index (κ3) is 3.83. The Morgan fingerprint density at radius 2 is 1.90 bits per heavy atom. The molecule has 1 aliphatic heterocycles. The molecule has 1 amide bonds. The monoisotopic (exact) mass is 386 g/mol. The predicted octanol–water partition coefficient (Wildman–Crippen LogP) is 3.25. The van der Waals surface area contributed by atoms with Crippen molar-refractivity contribution in [2.24, 2.45) is 0 Å². The minimum Gasteiger partial charge on any atom is -0.368 e. The van der Waals surface area contributed by atoms with Gasteiger partial charge in [-0.15, -0.1) is 10.2 Å². The fourth-order valence-electron chi connectivity index (χ4n) is 3.83. The highest BCUT2D eigenvalue weighted by atomic mass is 16.2. The number of nitrogens with one attached hydrogen (secondary N) is 1. The largest absolute Gasteiger partial charge is 0.368 e. The highest BCUT2D eigenvalue weighted by molar-refractivity contribution is 5.95. The third-order valence-electron chi connectivity index (χ3n) is 5.54. The molecule has 7 heteroatoms. The topological polar surface area (TPSA) is 112 Å². The molecule has 146 valence electrons. The molecule has 0 radical (unpaired) electrons. The minimum absolute atomic E-state index is 0.0250. The first-order valence-corrected chi connectivity index (χ1v) is 9.63. The van der Waals surface area contributed by atoms with Crippen LogP contribution in [0.25, 0.3) is 11.4 Å². The number of anilines is 1. The van der Waals surface area contributed by atoms with E-state index in [0.717, 1.165) is 24.0 Å². The van der Waals surface area contributed by atoms with E-state index in [9.17, 15) is 4.79 Å². The Kier molecular flexibility index (Phi) is 5.00. The molecular formula is C22H22N6O. The number of rotatable bonds is 3. The number of hydrogen-bond donors (Lipinski definition) is 2. The third-order valence-corrected chi connectivity index (χ3v) is 5.54. The maximum atomic E-state index is 13.0. The van der Waals surface area contributed by atoms with Crippen LogP contribution >= 0.6 is 0 Å². The number of hydrogen-bond acceptors (Lipinski definition) is 5. The van der Waals surface area contributed by atoms with E-state index in [1.807, 2.05) is 54.3 Å². The minimum atomic E-state index is 0.0250. The molecule has 1 saturated heterocycles. The molecule has 1 fully saturated rings. The first-order valence-electron chi connectivity index (χ1n) is 9.63. The van der Waals surface area contributed by atoms with E-state index in [0.29, 0.717) is 36.0 Å². The fourth-order valence-corrected chi connectivity index (χ4v) is 3.83. The van der Waals surface area contributed by atoms with Crippen molar-refractivity contribution in [2.45, 2.75) is 25.7 Å². The highest BCUT2D eigenvalue weighted by Crippen LogP contribution is 2.29. The number of piperidine rings is 1. The molecule has 4 rings (SSSR count). The number of nitriles is 1. The molecule has 3 aromatic rings. The molecule has 2 heterocycles. The van der Waals surface area contributed by atoms with Crippen molar-refractivity contribution in [2.75, 3.05) is 18.8 Å². The van der Waals surface area contributed by atoms with E-state index < -0.39 is 0 Å². The number of nitrogens with two attached hydrogens (primary N) is 1. The van der Waals surface area contributed by atoms with Gasteiger partial charge in [-0.2, -0.15) is 5.26 Å². The smallest absolute Gasteiger partial charge is 0.253 e. The maximum Gasteiger partial charge on any atom is 0.253 e. The highest BCUT2D eigenvalue weighted by Gasteiger charge is 2.25. The van der Waals surface area contributed by atoms with Crippen LogP contribution in [0.4, 0.5) is 5.95 Å². The molecular weight excluding hydrogens is 364 g/mol. The number of aromatic nitrogens is 3. The van der Waals surface area contributed by atoms with E-state index in [4.69, 9.17) is 11.0 Å². The van der Waals surface area contributed by atoms with Crippen LogP contribution in [0.2, 0.25) is 0 Å². The van der Waals surface area contributed by atoms with E-state index in [1.165, 1.54) is 5.56 Å². The van der Waals surface area contributed by atoms with Gasteiger partial charge in [0.05, 0.1) is 11.6 Å². The van der Waals surface area contributed by atoms with Crippen molar-refractivity contribution < 1.29 is 4.79 Å². The molecule has 0 unspecified atom stereocenters. The summed E-state index contributed by atoms with van der Waals surface area (Å²) in [5, 5.41) is 16.8. The summed E-state index contributed by atoms with van der Waals surface area (Å²) in [5.41, 5.74) is 10.0. The molecule has 7 nitrogen and oxygen atoms in total. The zero-order valence-electron chi connectivity index (χ0n) is 16.2. The second-order valence-electron chi connectivity index (χ2n) is 7.39. The quantitative estimate of drug-likeness (QED) is 0.717. The lowest BCUT2D eigenvalue weighted by Crippen LogP contribution is -2.37. The Hall–Kier alpha value is -3.66. The Labute approximate surface area is 169 Å². The number of carbonyl (C=O) groups is 1. The van der Waals surface area contributed by atoms with E-state index in [-0.39, 0.29) is 11.9 Å². The van der Waals surface area contributed by atoms with Gasteiger partial charge >= 0.3 is 0 Å². The van der Waals surface area contributed by atoms with Gasteiger partial charge in [0, 0.05) is 24.2 Å². The average molecular weight is 386 g/mol. The zero-order valence-corrected chi connectivity index (χ0v) is 16.2. The van der Waals surface area contributed by atoms with Gasteiger partial charge in [0.1, 0.15) is 0 Å². The maximum absolute atomic E-state index is 13.0. The Bertz CT molecular complexity index is 1070. The molecule has 29 heavy (non-hydrogen) atoms. The molecule has 0 bridgehead atoms. The number of carbonyl (C=O) groups excluding carboxylic acids is 1. The summed E-state index contributed by atoms with van der Waals surface area (Å²) in [6, 6.07) is 15.5. The van der Waals surface area contributed by atoms with Crippen molar-refractivity contribution >= 4 is 11.9 Å². The predicted molar refractivity (Wildman–Crippen MR) is 110 cm³/mol. The molecule has 2 aromatic carbocycles. The Balaban J connectivity index is 1.46. The van der Waals surface area contributed by atoms with Crippen LogP contribution < -0.4 is 5.73 Å². The Morgan fingerprint density at radius 1 is 1.17 bits per heavy atom. The Morgan fingerprint density at radius 3 is 2.52 bits per heavy atom. The number of nitrogen functional groups attached to an aromatic ring is 1. The van der Waals surface area contributed by atoms with E-state index >= 15 is 0 Å². The van der Waals surface area contributed by atoms with Crippen molar-refractivity contribution in [1.29, 1.82) is 5.26 Å². The number of nitrogens with zero attached hydrogens (tertiary/aromatic N) is 4. The summed E-state index contributed by atoms with van der Waals surface area (Å²) in [4.78, 5) is 17.9. The number of aromatic amines is 1. The number of likely N-dealkylation sites (tertiary alicyclic amines) is 1. The summed E-state index contributed by atoms with van der Waals surface area (Å²) in [7, 11) is 0. The summed E-state index contributed by atoms with van der Waals surface area (Å²) in [6.45, 7) is 3.38.